The molecule has 1 saturated carbocycles. The van der Waals surface area contributed by atoms with Crippen LogP contribution in [0.3, 0.4) is 0 Å². The number of ether oxygens (including phenoxy) is 1. The lowest BCUT2D eigenvalue weighted by molar-refractivity contribution is -0.190. The minimum Gasteiger partial charge on any atom is -0.479 e. The Kier molecular flexibility index (Phi) is 5.04. The number of hydrogen-bond donors (Lipinski definition) is 2. The van der Waals surface area contributed by atoms with Gasteiger partial charge in [-0.2, -0.15) is 0 Å². The third-order valence-corrected chi connectivity index (χ3v) is 5.95. The number of aromatic nitrogens is 1. The van der Waals surface area contributed by atoms with Gasteiger partial charge in [-0.1, -0.05) is 39.0 Å². The molecule has 2 N–H and O–H groups in total. The number of carboxylic acid groups (broad SMARTS) is 1. The molecule has 2 unspecified atom stereocenters. The lowest BCUT2D eigenvalue weighted by atomic mass is 9.54. The number of para-hydroxylation sites is 1. The number of fused-ring (bicyclic) bond motifs is 1. The van der Waals surface area contributed by atoms with Crippen molar-refractivity contribution in [2.75, 3.05) is 6.61 Å². The first kappa shape index (κ1) is 19.4. The summed E-state index contributed by atoms with van der Waals surface area (Å²) in [4.78, 5) is 25.3. The second-order valence-corrected chi connectivity index (χ2v) is 7.77. The number of carboxylic acids is 1. The van der Waals surface area contributed by atoms with Crippen LogP contribution in [0.1, 0.15) is 51.0 Å². The van der Waals surface area contributed by atoms with E-state index >= 15 is 0 Å². The van der Waals surface area contributed by atoms with Crippen LogP contribution in [-0.4, -0.2) is 39.8 Å². The highest BCUT2D eigenvalue weighted by atomic mass is 16.5. The van der Waals surface area contributed by atoms with Gasteiger partial charge in [0.25, 0.3) is 5.91 Å². The van der Waals surface area contributed by atoms with Gasteiger partial charge in [0.2, 0.25) is 0 Å². The van der Waals surface area contributed by atoms with Crippen molar-refractivity contribution >= 4 is 22.8 Å². The summed E-state index contributed by atoms with van der Waals surface area (Å²) in [5.41, 5.74) is -0.563. The van der Waals surface area contributed by atoms with Crippen molar-refractivity contribution in [1.29, 1.82) is 0 Å². The molecule has 1 aliphatic carbocycles. The van der Waals surface area contributed by atoms with E-state index in [1.807, 2.05) is 55.7 Å². The predicted octanol–water partition coefficient (Wildman–Crippen LogP) is 3.44. The molecule has 2 atom stereocenters. The highest BCUT2D eigenvalue weighted by Crippen LogP contribution is 2.51. The molecule has 0 aliphatic heterocycles. The average Bonchev–Trinajstić information content (AvgIpc) is 2.99. The Labute approximate surface area is 159 Å². The van der Waals surface area contributed by atoms with Gasteiger partial charge in [-0.25, -0.2) is 4.79 Å². The highest BCUT2D eigenvalue weighted by Gasteiger charge is 2.66. The van der Waals surface area contributed by atoms with Crippen LogP contribution in [0.5, 0.6) is 0 Å². The summed E-state index contributed by atoms with van der Waals surface area (Å²) in [5, 5.41) is 13.8. The first-order chi connectivity index (χ1) is 12.8. The fourth-order valence-electron chi connectivity index (χ4n) is 4.16. The smallest absolute Gasteiger partial charge is 0.330 e. The van der Waals surface area contributed by atoms with Crippen LogP contribution in [-0.2, 0) is 16.1 Å². The molecule has 0 spiro atoms. The summed E-state index contributed by atoms with van der Waals surface area (Å²) in [6.45, 7) is 8.83. The molecule has 146 valence electrons. The van der Waals surface area contributed by atoms with Gasteiger partial charge in [0.05, 0.1) is 6.10 Å². The number of hydrogen-bond acceptors (Lipinski definition) is 3. The zero-order chi connectivity index (χ0) is 19.8. The van der Waals surface area contributed by atoms with Crippen LogP contribution >= 0.6 is 0 Å². The van der Waals surface area contributed by atoms with E-state index in [4.69, 9.17) is 4.74 Å². The Morgan fingerprint density at radius 1 is 1.30 bits per heavy atom. The summed E-state index contributed by atoms with van der Waals surface area (Å²) in [7, 11) is 0. The lowest BCUT2D eigenvalue weighted by Crippen LogP contribution is -2.76. The van der Waals surface area contributed by atoms with Gasteiger partial charge in [-0.3, -0.25) is 4.79 Å². The zero-order valence-electron chi connectivity index (χ0n) is 16.4. The van der Waals surface area contributed by atoms with Gasteiger partial charge >= 0.3 is 5.97 Å². The topological polar surface area (TPSA) is 80.6 Å². The second kappa shape index (κ2) is 7.00. The average molecular weight is 372 g/mol. The van der Waals surface area contributed by atoms with Crippen LogP contribution in [0, 0.1) is 5.41 Å². The Hall–Kier alpha value is -2.34. The summed E-state index contributed by atoms with van der Waals surface area (Å²) in [6, 6.07) is 9.65. The number of aliphatic carboxylic acids is 1. The van der Waals surface area contributed by atoms with E-state index < -0.39 is 16.9 Å². The number of rotatable bonds is 7. The number of carbonyl (C=O) groups excluding carboxylic acids is 1. The lowest BCUT2D eigenvalue weighted by Gasteiger charge is -2.58. The monoisotopic (exact) mass is 372 g/mol. The highest BCUT2D eigenvalue weighted by molar-refractivity contribution is 6.01. The number of amides is 1. The fraction of sp³-hybridized carbons (Fsp3) is 0.524. The van der Waals surface area contributed by atoms with Gasteiger partial charge in [-0.15, -0.1) is 0 Å². The summed E-state index contributed by atoms with van der Waals surface area (Å²) >= 11 is 0. The van der Waals surface area contributed by atoms with Gasteiger partial charge < -0.3 is 19.7 Å². The first-order valence-corrected chi connectivity index (χ1v) is 9.54. The molecule has 1 aromatic carbocycles. The van der Waals surface area contributed by atoms with E-state index in [-0.39, 0.29) is 18.4 Å². The molecular weight excluding hydrogens is 344 g/mol. The molecule has 1 amide bonds. The maximum atomic E-state index is 13.1. The number of nitrogens with zero attached hydrogens (tertiary/aromatic N) is 1. The number of nitrogens with one attached hydrogen (secondary N) is 1. The quantitative estimate of drug-likeness (QED) is 0.780. The van der Waals surface area contributed by atoms with Crippen molar-refractivity contribution in [2.45, 2.75) is 58.7 Å². The van der Waals surface area contributed by atoms with Crippen LogP contribution in [0.15, 0.2) is 30.3 Å². The third kappa shape index (κ3) is 2.92. The van der Waals surface area contributed by atoms with Crippen molar-refractivity contribution in [3.63, 3.8) is 0 Å². The van der Waals surface area contributed by atoms with Crippen molar-refractivity contribution < 1.29 is 19.4 Å². The van der Waals surface area contributed by atoms with Crippen molar-refractivity contribution in [1.82, 2.24) is 9.88 Å². The predicted molar refractivity (Wildman–Crippen MR) is 104 cm³/mol. The zero-order valence-corrected chi connectivity index (χ0v) is 16.4. The van der Waals surface area contributed by atoms with Crippen LogP contribution < -0.4 is 5.32 Å². The minimum absolute atomic E-state index is 0.194. The van der Waals surface area contributed by atoms with Crippen LogP contribution in [0.2, 0.25) is 0 Å². The van der Waals surface area contributed by atoms with Crippen molar-refractivity contribution in [3.8, 4) is 0 Å². The van der Waals surface area contributed by atoms with Crippen LogP contribution in [0.25, 0.3) is 10.9 Å². The third-order valence-electron chi connectivity index (χ3n) is 5.95. The molecule has 6 nitrogen and oxygen atoms in total. The number of aryl methyl sites for hydroxylation is 1. The van der Waals surface area contributed by atoms with Gasteiger partial charge in [0.15, 0.2) is 0 Å². The van der Waals surface area contributed by atoms with Gasteiger partial charge in [0, 0.05) is 35.9 Å². The first-order valence-electron chi connectivity index (χ1n) is 9.54. The van der Waals surface area contributed by atoms with Crippen molar-refractivity contribution in [2.24, 2.45) is 5.41 Å². The maximum absolute atomic E-state index is 13.1. The Balaban J connectivity index is 1.96. The normalized spacial score (nSPS) is 23.8. The molecule has 1 aliphatic rings. The minimum atomic E-state index is -1.34. The fourth-order valence-corrected chi connectivity index (χ4v) is 4.16. The van der Waals surface area contributed by atoms with E-state index in [2.05, 4.69) is 12.2 Å². The molecular formula is C21H28N2O4. The van der Waals surface area contributed by atoms with E-state index in [0.717, 1.165) is 17.3 Å². The molecule has 1 aromatic heterocycles. The number of carbonyl (C=O) groups is 2. The molecule has 2 aromatic rings. The molecule has 6 heteroatoms. The standard InChI is InChI=1S/C21H28N2O4/c1-5-11-23-15-10-8-7-9-14(15)12-16(23)18(24)22-21(19(25)26)13-17(27-6-2)20(21,3)4/h7-10,12,17H,5-6,11,13H2,1-4H3,(H,22,24)(H,25,26). The van der Waals surface area contributed by atoms with Crippen LogP contribution in [0.4, 0.5) is 0 Å². The molecule has 1 heterocycles. The summed E-state index contributed by atoms with van der Waals surface area (Å²) in [6.07, 6.45) is 0.949. The van der Waals surface area contributed by atoms with E-state index in [0.29, 0.717) is 18.8 Å². The second-order valence-electron chi connectivity index (χ2n) is 7.77. The molecule has 0 bridgehead atoms. The Morgan fingerprint density at radius 3 is 2.59 bits per heavy atom. The SMILES string of the molecule is CCCn1c(C(=O)NC2(C(=O)O)CC(OCC)C2(C)C)cc2ccccc21. The summed E-state index contributed by atoms with van der Waals surface area (Å²) in [5.74, 6) is -1.37. The van der Waals surface area contributed by atoms with E-state index in [1.54, 1.807) is 0 Å². The van der Waals surface area contributed by atoms with Crippen molar-refractivity contribution in [3.05, 3.63) is 36.0 Å². The van der Waals surface area contributed by atoms with Gasteiger partial charge in [0.1, 0.15) is 11.2 Å². The van der Waals surface area contributed by atoms with E-state index in [9.17, 15) is 14.7 Å². The largest absolute Gasteiger partial charge is 0.479 e. The number of benzene rings is 1. The molecule has 0 saturated heterocycles. The van der Waals surface area contributed by atoms with E-state index in [1.165, 1.54) is 0 Å². The molecule has 3 rings (SSSR count). The summed E-state index contributed by atoms with van der Waals surface area (Å²) < 4.78 is 7.64. The Morgan fingerprint density at radius 2 is 2.00 bits per heavy atom. The Bertz CT molecular complexity index is 870. The molecule has 1 fully saturated rings. The maximum Gasteiger partial charge on any atom is 0.330 e. The van der Waals surface area contributed by atoms with Gasteiger partial charge in [-0.05, 0) is 25.5 Å². The molecule has 0 radical (unpaired) electrons. The molecule has 27 heavy (non-hydrogen) atoms.